The maximum Gasteiger partial charge on any atom is 0.248 e. The van der Waals surface area contributed by atoms with E-state index in [0.29, 0.717) is 17.9 Å². The Morgan fingerprint density at radius 1 is 1.30 bits per heavy atom. The molecule has 3 rings (SSSR count). The van der Waals surface area contributed by atoms with Crippen LogP contribution in [0.25, 0.3) is 0 Å². The Morgan fingerprint density at radius 2 is 2.15 bits per heavy atom. The zero-order valence-corrected chi connectivity index (χ0v) is 10.7. The van der Waals surface area contributed by atoms with Crippen molar-refractivity contribution in [1.29, 1.82) is 0 Å². The highest BCUT2D eigenvalue weighted by Gasteiger charge is 2.24. The van der Waals surface area contributed by atoms with Gasteiger partial charge in [-0.15, -0.1) is 0 Å². The van der Waals surface area contributed by atoms with Crippen molar-refractivity contribution in [2.45, 2.75) is 6.04 Å². The number of rotatable bonds is 3. The fourth-order valence-corrected chi connectivity index (χ4v) is 2.28. The molecule has 0 spiro atoms. The third-order valence-electron chi connectivity index (χ3n) is 3.27. The molecule has 0 radical (unpaired) electrons. The van der Waals surface area contributed by atoms with Crippen molar-refractivity contribution in [2.24, 2.45) is 5.73 Å². The van der Waals surface area contributed by atoms with Crippen LogP contribution in [0.1, 0.15) is 22.0 Å². The van der Waals surface area contributed by atoms with Crippen LogP contribution in [0.15, 0.2) is 42.5 Å². The molecule has 0 aliphatic carbocycles. The Kier molecular flexibility index (Phi) is 2.95. The lowest BCUT2D eigenvalue weighted by Crippen LogP contribution is -2.14. The molecule has 5 nitrogen and oxygen atoms in total. The number of phenols is 1. The first-order valence-electron chi connectivity index (χ1n) is 6.25. The molecular formula is C15H14N2O3. The van der Waals surface area contributed by atoms with E-state index in [1.807, 2.05) is 12.1 Å². The van der Waals surface area contributed by atoms with Crippen LogP contribution in [-0.4, -0.2) is 17.6 Å². The molecule has 1 aliphatic heterocycles. The summed E-state index contributed by atoms with van der Waals surface area (Å²) in [5.41, 5.74) is 7.50. The van der Waals surface area contributed by atoms with Crippen molar-refractivity contribution in [3.63, 3.8) is 0 Å². The van der Waals surface area contributed by atoms with Gasteiger partial charge in [0.05, 0.1) is 6.04 Å². The van der Waals surface area contributed by atoms with Crippen LogP contribution in [0.5, 0.6) is 11.5 Å². The summed E-state index contributed by atoms with van der Waals surface area (Å²) in [6, 6.07) is 12.0. The van der Waals surface area contributed by atoms with Crippen molar-refractivity contribution in [3.05, 3.63) is 53.6 Å². The molecule has 4 N–H and O–H groups in total. The second kappa shape index (κ2) is 4.77. The van der Waals surface area contributed by atoms with Crippen LogP contribution < -0.4 is 15.8 Å². The molecule has 0 aromatic heterocycles. The van der Waals surface area contributed by atoms with E-state index >= 15 is 0 Å². The zero-order chi connectivity index (χ0) is 14.1. The van der Waals surface area contributed by atoms with Gasteiger partial charge in [0.15, 0.2) is 0 Å². The highest BCUT2D eigenvalue weighted by Crippen LogP contribution is 2.36. The number of nitrogens with two attached hydrogens (primary N) is 1. The fourth-order valence-electron chi connectivity index (χ4n) is 2.28. The number of carbonyl (C=O) groups is 1. The van der Waals surface area contributed by atoms with Gasteiger partial charge in [-0.2, -0.15) is 0 Å². The van der Waals surface area contributed by atoms with Gasteiger partial charge in [0.2, 0.25) is 5.91 Å². The second-order valence-electron chi connectivity index (χ2n) is 4.68. The smallest absolute Gasteiger partial charge is 0.248 e. The molecule has 5 heteroatoms. The standard InChI is InChI=1S/C15H14N2O3/c16-15(19)9-2-1-3-10(6-9)17-13-8-20-14-7-11(18)4-5-12(13)14/h1-7,13,17-18H,8H2,(H2,16,19). The minimum absolute atomic E-state index is 0.0197. The van der Waals surface area contributed by atoms with Crippen LogP contribution in [-0.2, 0) is 0 Å². The van der Waals surface area contributed by atoms with Crippen LogP contribution in [0.2, 0.25) is 0 Å². The van der Waals surface area contributed by atoms with Crippen molar-refractivity contribution >= 4 is 11.6 Å². The number of ether oxygens (including phenoxy) is 1. The molecule has 0 saturated heterocycles. The fraction of sp³-hybridized carbons (Fsp3) is 0.133. The van der Waals surface area contributed by atoms with Crippen molar-refractivity contribution in [3.8, 4) is 11.5 Å². The number of hydrogen-bond acceptors (Lipinski definition) is 4. The third-order valence-corrected chi connectivity index (χ3v) is 3.27. The number of fused-ring (bicyclic) bond motifs is 1. The first-order valence-corrected chi connectivity index (χ1v) is 6.25. The average molecular weight is 270 g/mol. The molecular weight excluding hydrogens is 256 g/mol. The van der Waals surface area contributed by atoms with Crippen LogP contribution in [0, 0.1) is 0 Å². The van der Waals surface area contributed by atoms with Gasteiger partial charge >= 0.3 is 0 Å². The maximum absolute atomic E-state index is 11.2. The molecule has 0 bridgehead atoms. The first kappa shape index (κ1) is 12.3. The normalized spacial score (nSPS) is 16.3. The SMILES string of the molecule is NC(=O)c1cccc(NC2COc3cc(O)ccc32)c1. The van der Waals surface area contributed by atoms with Gasteiger partial charge in [0.25, 0.3) is 0 Å². The number of phenolic OH excluding ortho intramolecular Hbond substituents is 1. The van der Waals surface area contributed by atoms with E-state index in [0.717, 1.165) is 11.3 Å². The summed E-state index contributed by atoms with van der Waals surface area (Å²) in [7, 11) is 0. The average Bonchev–Trinajstić information content (AvgIpc) is 2.81. The largest absolute Gasteiger partial charge is 0.508 e. The van der Waals surface area contributed by atoms with E-state index in [1.54, 1.807) is 30.3 Å². The number of nitrogens with one attached hydrogen (secondary N) is 1. The summed E-state index contributed by atoms with van der Waals surface area (Å²) in [5.74, 6) is 0.398. The Morgan fingerprint density at radius 3 is 2.95 bits per heavy atom. The van der Waals surface area contributed by atoms with E-state index in [1.165, 1.54) is 0 Å². The highest BCUT2D eigenvalue weighted by atomic mass is 16.5. The van der Waals surface area contributed by atoms with E-state index in [-0.39, 0.29) is 11.8 Å². The van der Waals surface area contributed by atoms with Gasteiger partial charge in [0.1, 0.15) is 18.1 Å². The highest BCUT2D eigenvalue weighted by molar-refractivity contribution is 5.93. The number of anilines is 1. The summed E-state index contributed by atoms with van der Waals surface area (Å²) < 4.78 is 5.53. The zero-order valence-electron chi connectivity index (χ0n) is 10.7. The van der Waals surface area contributed by atoms with Gasteiger partial charge in [-0.3, -0.25) is 4.79 Å². The number of carbonyl (C=O) groups excluding carboxylic acids is 1. The lowest BCUT2D eigenvalue weighted by molar-refractivity contribution is 0.100. The molecule has 102 valence electrons. The van der Waals surface area contributed by atoms with Crippen molar-refractivity contribution in [1.82, 2.24) is 0 Å². The predicted molar refractivity (Wildman–Crippen MR) is 74.9 cm³/mol. The molecule has 0 fully saturated rings. The molecule has 1 amide bonds. The van der Waals surface area contributed by atoms with Crippen LogP contribution in [0.3, 0.4) is 0 Å². The van der Waals surface area contributed by atoms with Gasteiger partial charge in [-0.05, 0) is 30.3 Å². The topological polar surface area (TPSA) is 84.6 Å². The molecule has 0 saturated carbocycles. The van der Waals surface area contributed by atoms with E-state index in [9.17, 15) is 9.90 Å². The quantitative estimate of drug-likeness (QED) is 0.796. The number of hydrogen-bond donors (Lipinski definition) is 3. The summed E-state index contributed by atoms with van der Waals surface area (Å²) >= 11 is 0. The molecule has 1 aliphatic rings. The number of primary amides is 1. The Labute approximate surface area is 116 Å². The van der Waals surface area contributed by atoms with Crippen molar-refractivity contribution < 1.29 is 14.6 Å². The monoisotopic (exact) mass is 270 g/mol. The predicted octanol–water partition coefficient (Wildman–Crippen LogP) is 2.04. The number of amides is 1. The van der Waals surface area contributed by atoms with E-state index < -0.39 is 5.91 Å². The Bertz CT molecular complexity index is 670. The molecule has 2 aromatic carbocycles. The molecule has 20 heavy (non-hydrogen) atoms. The van der Waals surface area contributed by atoms with Crippen LogP contribution >= 0.6 is 0 Å². The first-order chi connectivity index (χ1) is 9.63. The Balaban J connectivity index is 1.84. The lowest BCUT2D eigenvalue weighted by Gasteiger charge is -2.13. The van der Waals surface area contributed by atoms with E-state index in [2.05, 4.69) is 5.32 Å². The summed E-state index contributed by atoms with van der Waals surface area (Å²) in [6.45, 7) is 0.472. The van der Waals surface area contributed by atoms with Gasteiger partial charge in [0, 0.05) is 22.9 Å². The number of benzene rings is 2. The second-order valence-corrected chi connectivity index (χ2v) is 4.68. The van der Waals surface area contributed by atoms with Gasteiger partial charge in [-0.25, -0.2) is 0 Å². The third kappa shape index (κ3) is 2.25. The van der Waals surface area contributed by atoms with Gasteiger partial charge in [-0.1, -0.05) is 6.07 Å². The Hall–Kier alpha value is -2.69. The lowest BCUT2D eigenvalue weighted by atomic mass is 10.1. The maximum atomic E-state index is 11.2. The molecule has 2 aromatic rings. The molecule has 1 unspecified atom stereocenters. The minimum atomic E-state index is -0.457. The molecule has 1 atom stereocenters. The van der Waals surface area contributed by atoms with Gasteiger partial charge < -0.3 is 20.9 Å². The summed E-state index contributed by atoms with van der Waals surface area (Å²) in [5, 5.41) is 12.7. The summed E-state index contributed by atoms with van der Waals surface area (Å²) in [4.78, 5) is 11.2. The minimum Gasteiger partial charge on any atom is -0.508 e. The summed E-state index contributed by atoms with van der Waals surface area (Å²) in [6.07, 6.45) is 0. The van der Waals surface area contributed by atoms with Crippen LogP contribution in [0.4, 0.5) is 5.69 Å². The van der Waals surface area contributed by atoms with E-state index in [4.69, 9.17) is 10.5 Å². The number of aromatic hydroxyl groups is 1. The van der Waals surface area contributed by atoms with Crippen molar-refractivity contribution in [2.75, 3.05) is 11.9 Å². The molecule has 1 heterocycles.